The van der Waals surface area contributed by atoms with Crippen molar-refractivity contribution in [3.05, 3.63) is 65.3 Å². The first kappa shape index (κ1) is 19.2. The van der Waals surface area contributed by atoms with Crippen LogP contribution in [0.1, 0.15) is 18.9 Å². The van der Waals surface area contributed by atoms with E-state index in [9.17, 15) is 9.59 Å². The lowest BCUT2D eigenvalue weighted by Crippen LogP contribution is -2.36. The molecular formula is C22H21ClN4O2. The minimum absolute atomic E-state index is 0.0942. The highest BCUT2D eigenvalue weighted by atomic mass is 35.5. The van der Waals surface area contributed by atoms with Crippen LogP contribution in [-0.4, -0.2) is 21.6 Å². The number of aryl methyl sites for hydroxylation is 1. The summed E-state index contributed by atoms with van der Waals surface area (Å²) in [6.07, 6.45) is 2.76. The van der Waals surface area contributed by atoms with Gasteiger partial charge in [-0.1, -0.05) is 42.8 Å². The number of hydrogen-bond donors (Lipinski definition) is 2. The molecule has 2 aromatic carbocycles. The van der Waals surface area contributed by atoms with Crippen molar-refractivity contribution < 1.29 is 9.59 Å². The van der Waals surface area contributed by atoms with Gasteiger partial charge in [-0.3, -0.25) is 9.59 Å². The quantitative estimate of drug-likeness (QED) is 0.658. The summed E-state index contributed by atoms with van der Waals surface area (Å²) in [7, 11) is 0. The zero-order valence-corrected chi connectivity index (χ0v) is 16.7. The van der Waals surface area contributed by atoms with Crippen LogP contribution >= 0.6 is 11.6 Å². The van der Waals surface area contributed by atoms with Crippen molar-refractivity contribution in [1.82, 2.24) is 9.78 Å². The van der Waals surface area contributed by atoms with Crippen LogP contribution in [0.25, 0.3) is 11.1 Å². The largest absolute Gasteiger partial charge is 0.326 e. The molecule has 2 heterocycles. The Morgan fingerprint density at radius 3 is 2.62 bits per heavy atom. The van der Waals surface area contributed by atoms with E-state index in [1.165, 1.54) is 5.56 Å². The van der Waals surface area contributed by atoms with Gasteiger partial charge in [0.2, 0.25) is 11.8 Å². The number of fused-ring (bicyclic) bond motifs is 1. The molecule has 1 atom stereocenters. The van der Waals surface area contributed by atoms with E-state index >= 15 is 0 Å². The van der Waals surface area contributed by atoms with Gasteiger partial charge in [-0.25, -0.2) is 4.68 Å². The van der Waals surface area contributed by atoms with Gasteiger partial charge < -0.3 is 10.6 Å². The van der Waals surface area contributed by atoms with Crippen molar-refractivity contribution >= 4 is 34.9 Å². The van der Waals surface area contributed by atoms with Crippen LogP contribution in [-0.2, 0) is 22.6 Å². The van der Waals surface area contributed by atoms with Gasteiger partial charge in [0.15, 0.2) is 0 Å². The lowest BCUT2D eigenvalue weighted by atomic mass is 10.0. The number of hydrogen-bond acceptors (Lipinski definition) is 3. The highest BCUT2D eigenvalue weighted by Crippen LogP contribution is 2.32. The third kappa shape index (κ3) is 4.17. The predicted octanol–water partition coefficient (Wildman–Crippen LogP) is 4.36. The molecule has 0 aliphatic carbocycles. The zero-order valence-electron chi connectivity index (χ0n) is 16.0. The minimum Gasteiger partial charge on any atom is -0.326 e. The molecule has 0 bridgehead atoms. The fraction of sp³-hybridized carbons (Fsp3) is 0.227. The number of halogens is 1. The van der Waals surface area contributed by atoms with Gasteiger partial charge in [-0.15, -0.1) is 0 Å². The van der Waals surface area contributed by atoms with E-state index < -0.39 is 5.92 Å². The summed E-state index contributed by atoms with van der Waals surface area (Å²) in [4.78, 5) is 25.0. The molecule has 1 aromatic heterocycles. The smallest absolute Gasteiger partial charge is 0.231 e. The Morgan fingerprint density at radius 2 is 1.93 bits per heavy atom. The van der Waals surface area contributed by atoms with E-state index in [2.05, 4.69) is 22.7 Å². The number of nitrogens with one attached hydrogen (secondary N) is 2. The number of anilines is 2. The number of carbonyl (C=O) groups is 2. The van der Waals surface area contributed by atoms with Crippen LogP contribution in [0.4, 0.5) is 11.5 Å². The van der Waals surface area contributed by atoms with E-state index in [1.54, 1.807) is 23.0 Å². The first-order valence-corrected chi connectivity index (χ1v) is 9.92. The van der Waals surface area contributed by atoms with Gasteiger partial charge >= 0.3 is 0 Å². The molecule has 7 heteroatoms. The molecule has 0 unspecified atom stereocenters. The van der Waals surface area contributed by atoms with Gasteiger partial charge in [0, 0.05) is 22.7 Å². The third-order valence-electron chi connectivity index (χ3n) is 5.08. The number of nitrogens with zero attached hydrogens (tertiary/aromatic N) is 2. The van der Waals surface area contributed by atoms with Crippen molar-refractivity contribution in [2.24, 2.45) is 5.92 Å². The molecule has 6 nitrogen and oxygen atoms in total. The van der Waals surface area contributed by atoms with Crippen molar-refractivity contribution in [3.63, 3.8) is 0 Å². The second kappa shape index (κ2) is 8.09. The van der Waals surface area contributed by atoms with Gasteiger partial charge in [-0.2, -0.15) is 5.10 Å². The molecule has 148 valence electrons. The minimum atomic E-state index is -0.476. The number of benzene rings is 2. The van der Waals surface area contributed by atoms with E-state index in [0.717, 1.165) is 23.2 Å². The molecular weight excluding hydrogens is 388 g/mol. The second-order valence-electron chi connectivity index (χ2n) is 7.08. The van der Waals surface area contributed by atoms with Crippen LogP contribution in [0.5, 0.6) is 0 Å². The molecule has 3 aromatic rings. The predicted molar refractivity (Wildman–Crippen MR) is 114 cm³/mol. The molecule has 29 heavy (non-hydrogen) atoms. The average molecular weight is 409 g/mol. The maximum Gasteiger partial charge on any atom is 0.231 e. The van der Waals surface area contributed by atoms with Crippen molar-refractivity contribution in [1.29, 1.82) is 0 Å². The molecule has 0 saturated carbocycles. The topological polar surface area (TPSA) is 76.0 Å². The first-order chi connectivity index (χ1) is 14.0. The van der Waals surface area contributed by atoms with Crippen LogP contribution < -0.4 is 10.6 Å². The van der Waals surface area contributed by atoms with Gasteiger partial charge in [-0.05, 0) is 41.8 Å². The lowest BCUT2D eigenvalue weighted by Gasteiger charge is -2.24. The van der Waals surface area contributed by atoms with Gasteiger partial charge in [0.25, 0.3) is 0 Å². The van der Waals surface area contributed by atoms with Crippen molar-refractivity contribution in [2.45, 2.75) is 26.3 Å². The average Bonchev–Trinajstić information content (AvgIpc) is 3.12. The first-order valence-electron chi connectivity index (χ1n) is 9.55. The molecule has 0 spiro atoms. The maximum atomic E-state index is 12.6. The third-order valence-corrected chi connectivity index (χ3v) is 5.33. The van der Waals surface area contributed by atoms with Crippen LogP contribution in [0.15, 0.2) is 54.7 Å². The Balaban J connectivity index is 1.44. The molecule has 0 fully saturated rings. The number of rotatable bonds is 5. The summed E-state index contributed by atoms with van der Waals surface area (Å²) in [5.41, 5.74) is 3.68. The molecule has 1 aliphatic heterocycles. The van der Waals surface area contributed by atoms with Gasteiger partial charge in [0.1, 0.15) is 5.82 Å². The van der Waals surface area contributed by atoms with E-state index in [0.29, 0.717) is 17.4 Å². The maximum absolute atomic E-state index is 12.6. The van der Waals surface area contributed by atoms with Crippen molar-refractivity contribution in [2.75, 3.05) is 10.6 Å². The van der Waals surface area contributed by atoms with E-state index in [4.69, 9.17) is 11.6 Å². The molecule has 2 N–H and O–H groups in total. The fourth-order valence-electron chi connectivity index (χ4n) is 3.42. The fourth-order valence-corrected chi connectivity index (χ4v) is 3.55. The number of carbonyl (C=O) groups excluding carboxylic acids is 2. The summed E-state index contributed by atoms with van der Waals surface area (Å²) in [5.74, 6) is -0.202. The Hall–Kier alpha value is -3.12. The summed E-state index contributed by atoms with van der Waals surface area (Å²) in [6, 6.07) is 15.1. The highest BCUT2D eigenvalue weighted by Gasteiger charge is 2.30. The second-order valence-corrected chi connectivity index (χ2v) is 7.52. The molecule has 2 amide bonds. The Labute approximate surface area is 173 Å². The summed E-state index contributed by atoms with van der Waals surface area (Å²) >= 11 is 5.95. The Kier molecular flexibility index (Phi) is 5.36. The monoisotopic (exact) mass is 408 g/mol. The van der Waals surface area contributed by atoms with Crippen molar-refractivity contribution in [3.8, 4) is 11.1 Å². The molecule has 4 rings (SSSR count). The summed E-state index contributed by atoms with van der Waals surface area (Å²) in [6.45, 7) is 2.44. The highest BCUT2D eigenvalue weighted by molar-refractivity contribution is 6.30. The SMILES string of the molecule is CCc1ccc(NC(=O)C[C@@H]2Cn3ncc(-c4ccc(Cl)cc4)c3NC2=O)cc1. The Bertz CT molecular complexity index is 1040. The summed E-state index contributed by atoms with van der Waals surface area (Å²) < 4.78 is 1.74. The lowest BCUT2D eigenvalue weighted by molar-refractivity contribution is -0.125. The van der Waals surface area contributed by atoms with Crippen LogP contribution in [0.2, 0.25) is 5.02 Å². The standard InChI is InChI=1S/C22H21ClN4O2/c1-2-14-3-9-18(10-4-14)25-20(28)11-16-13-27-21(26-22(16)29)19(12-24-27)15-5-7-17(23)8-6-15/h3-10,12,16H,2,11,13H2,1H3,(H,25,28)(H,26,29)/t16-/m1/s1. The molecule has 1 aliphatic rings. The van der Waals surface area contributed by atoms with E-state index in [-0.39, 0.29) is 18.2 Å². The number of aromatic nitrogens is 2. The zero-order chi connectivity index (χ0) is 20.4. The molecule has 0 saturated heterocycles. The Morgan fingerprint density at radius 1 is 1.21 bits per heavy atom. The molecule has 0 radical (unpaired) electrons. The van der Waals surface area contributed by atoms with Gasteiger partial charge in [0.05, 0.1) is 18.7 Å². The van der Waals surface area contributed by atoms with Crippen LogP contribution in [0.3, 0.4) is 0 Å². The normalized spacial score (nSPS) is 15.5. The van der Waals surface area contributed by atoms with E-state index in [1.807, 2.05) is 36.4 Å². The number of amides is 2. The summed E-state index contributed by atoms with van der Waals surface area (Å²) in [5, 5.41) is 10.8. The van der Waals surface area contributed by atoms with Crippen LogP contribution in [0, 0.1) is 5.92 Å².